The number of aliphatic hydroxyl groups excluding tert-OH is 8. The molecule has 0 bridgehead atoms. The van der Waals surface area contributed by atoms with Gasteiger partial charge in [0.05, 0.1) is 93.1 Å². The van der Waals surface area contributed by atoms with E-state index >= 15 is 9.59 Å². The second-order valence-corrected chi connectivity index (χ2v) is 20.7. The predicted octanol–water partition coefficient (Wildman–Crippen LogP) is 0.467. The third-order valence-electron chi connectivity index (χ3n) is 16.6. The third kappa shape index (κ3) is 9.66. The molecule has 0 unspecified atom stereocenters. The first-order valence-electron chi connectivity index (χ1n) is 26.3. The molecule has 0 amide bonds. The topological polar surface area (TPSA) is 344 Å². The van der Waals surface area contributed by atoms with E-state index in [1.54, 1.807) is 48.5 Å². The second-order valence-electron chi connectivity index (χ2n) is 20.7. The van der Waals surface area contributed by atoms with E-state index in [0.717, 1.165) is 0 Å². The molecular formula is C56H64O26. The lowest BCUT2D eigenvalue weighted by Gasteiger charge is -2.48. The van der Waals surface area contributed by atoms with Gasteiger partial charge in [-0.25, -0.2) is 0 Å². The van der Waals surface area contributed by atoms with Crippen molar-refractivity contribution < 1.29 is 126 Å². The van der Waals surface area contributed by atoms with E-state index in [1.807, 2.05) is 0 Å². The number of fused-ring (bicyclic) bond motifs is 6. The summed E-state index contributed by atoms with van der Waals surface area (Å²) in [7, 11) is 8.51. The van der Waals surface area contributed by atoms with Gasteiger partial charge in [0, 0.05) is 23.7 Å². The van der Waals surface area contributed by atoms with Crippen LogP contribution in [-0.4, -0.2) is 197 Å². The second kappa shape index (κ2) is 23.2. The minimum absolute atomic E-state index is 0.191. The molecule has 5 aliphatic heterocycles. The molecule has 7 aliphatic rings. The number of hydrogen-bond acceptors (Lipinski definition) is 26. The highest BCUT2D eigenvalue weighted by atomic mass is 16.7. The van der Waals surface area contributed by atoms with Crippen LogP contribution in [0.5, 0.6) is 57.5 Å². The van der Waals surface area contributed by atoms with E-state index in [1.165, 1.54) is 42.7 Å². The van der Waals surface area contributed by atoms with Crippen LogP contribution in [0.1, 0.15) is 57.4 Å². The molecule has 26 heteroatoms. The number of cyclic esters (lactones) is 2. The zero-order chi connectivity index (χ0) is 58.0. The Morgan fingerprint density at radius 1 is 0.427 bits per heavy atom. The summed E-state index contributed by atoms with van der Waals surface area (Å²) < 4.78 is 96.8. The lowest BCUT2D eigenvalue weighted by molar-refractivity contribution is -0.320. The molecule has 444 valence electrons. The van der Waals surface area contributed by atoms with Crippen LogP contribution in [0.2, 0.25) is 0 Å². The van der Waals surface area contributed by atoms with Gasteiger partial charge in [-0.3, -0.25) is 9.59 Å². The van der Waals surface area contributed by atoms with E-state index in [0.29, 0.717) is 33.4 Å². The molecule has 0 saturated carbocycles. The van der Waals surface area contributed by atoms with Crippen molar-refractivity contribution in [1.29, 1.82) is 0 Å². The molecule has 3 fully saturated rings. The highest BCUT2D eigenvalue weighted by molar-refractivity contribution is 5.80. The van der Waals surface area contributed by atoms with Gasteiger partial charge in [-0.1, -0.05) is 0 Å². The summed E-state index contributed by atoms with van der Waals surface area (Å²) in [4.78, 5) is 32.1. The van der Waals surface area contributed by atoms with Crippen molar-refractivity contribution in [2.75, 3.05) is 82.7 Å². The normalized spacial score (nSPS) is 33.5. The Balaban J connectivity index is 1.12. The first kappa shape index (κ1) is 57.2. The predicted molar refractivity (Wildman–Crippen MR) is 272 cm³/mol. The van der Waals surface area contributed by atoms with E-state index in [4.69, 9.17) is 75.8 Å². The van der Waals surface area contributed by atoms with Gasteiger partial charge >= 0.3 is 11.9 Å². The van der Waals surface area contributed by atoms with Gasteiger partial charge in [0.15, 0.2) is 58.6 Å². The van der Waals surface area contributed by atoms with Crippen molar-refractivity contribution in [3.05, 3.63) is 81.9 Å². The molecule has 26 nitrogen and oxygen atoms in total. The largest absolute Gasteiger partial charge is 0.493 e. The van der Waals surface area contributed by atoms with Crippen LogP contribution < -0.4 is 47.4 Å². The van der Waals surface area contributed by atoms with Crippen LogP contribution in [0.15, 0.2) is 48.5 Å². The van der Waals surface area contributed by atoms with Crippen LogP contribution in [0.3, 0.4) is 0 Å². The fraction of sp³-hybridized carbons (Fsp3) is 0.536. The summed E-state index contributed by atoms with van der Waals surface area (Å²) in [6.07, 6.45) is -20.5. The molecule has 2 aliphatic carbocycles. The fourth-order valence-electron chi connectivity index (χ4n) is 12.6. The van der Waals surface area contributed by atoms with Crippen LogP contribution >= 0.6 is 0 Å². The van der Waals surface area contributed by atoms with E-state index in [2.05, 4.69) is 0 Å². The number of carbonyl (C=O) groups is 2. The third-order valence-corrected chi connectivity index (χ3v) is 16.6. The standard InChI is InChI=1S/C56H64O26/c1-67-33-7-21(8-34(68-2)51(33)71-5)39-23-11-29-31(77-19-75-29)13-25(23)49(81-55-47(63)45(61)43(59)37(15-57)79-55)27-17-74-54(66)42-28(18-73-53(65)41(27)39)50(82-56-48(64)46(62)44(60)38(16-58)80-56)26-14-32-30(76-20-78-32)12-24(26)40(42)22-9-35(69-3)52(72-6)36(10-22)70-4/h7-14,27-28,37-50,55-64H,15-20H2,1-6H3/t27-,28-,37+,38+,39+,40+,41+,42+,43+,44+,45-,46-,47+,48+,49-,50-,55-,56-/m0/s1. The minimum Gasteiger partial charge on any atom is -0.493 e. The van der Waals surface area contributed by atoms with Gasteiger partial charge in [0.25, 0.3) is 0 Å². The lowest BCUT2D eigenvalue weighted by Crippen LogP contribution is -2.60. The number of methoxy groups -OCH3 is 6. The summed E-state index contributed by atoms with van der Waals surface area (Å²) >= 11 is 0. The molecule has 0 radical (unpaired) electrons. The average Bonchev–Trinajstić information content (AvgIpc) is 4.30. The van der Waals surface area contributed by atoms with Gasteiger partial charge in [-0.15, -0.1) is 0 Å². The summed E-state index contributed by atoms with van der Waals surface area (Å²) in [5.74, 6) is -7.24. The summed E-state index contributed by atoms with van der Waals surface area (Å²) in [5, 5.41) is 87.4. The Kier molecular flexibility index (Phi) is 16.2. The summed E-state index contributed by atoms with van der Waals surface area (Å²) in [6.45, 7) is -3.30. The fourth-order valence-corrected chi connectivity index (χ4v) is 12.6. The van der Waals surface area contributed by atoms with Gasteiger partial charge in [0.2, 0.25) is 25.1 Å². The minimum atomic E-state index is -1.94. The quantitative estimate of drug-likeness (QED) is 0.0796. The molecule has 5 heterocycles. The smallest absolute Gasteiger partial charge is 0.310 e. The van der Waals surface area contributed by atoms with Crippen LogP contribution in [-0.2, 0) is 38.0 Å². The number of aliphatic hydroxyl groups is 8. The molecule has 82 heavy (non-hydrogen) atoms. The van der Waals surface area contributed by atoms with Gasteiger partial charge in [-0.05, 0) is 81.9 Å². The van der Waals surface area contributed by atoms with Crippen LogP contribution in [0.25, 0.3) is 0 Å². The molecular weight excluding hydrogens is 1090 g/mol. The average molecular weight is 1150 g/mol. The highest BCUT2D eigenvalue weighted by Crippen LogP contribution is 2.59. The number of benzene rings is 4. The summed E-state index contributed by atoms with van der Waals surface area (Å²) in [5.41, 5.74) is 2.16. The molecule has 0 spiro atoms. The van der Waals surface area contributed by atoms with Gasteiger partial charge < -0.3 is 117 Å². The molecule has 3 saturated heterocycles. The molecule has 4 aromatic rings. The van der Waals surface area contributed by atoms with E-state index in [9.17, 15) is 40.9 Å². The Morgan fingerprint density at radius 3 is 1.06 bits per heavy atom. The van der Waals surface area contributed by atoms with Crippen LogP contribution in [0, 0.1) is 23.7 Å². The lowest BCUT2D eigenvalue weighted by atomic mass is 9.64. The van der Waals surface area contributed by atoms with Crippen molar-refractivity contribution in [2.45, 2.75) is 85.5 Å². The van der Waals surface area contributed by atoms with Gasteiger partial charge in [0.1, 0.15) is 48.8 Å². The van der Waals surface area contributed by atoms with Crippen molar-refractivity contribution in [2.24, 2.45) is 23.7 Å². The maximum atomic E-state index is 16.0. The first-order valence-corrected chi connectivity index (χ1v) is 26.3. The number of carbonyl (C=O) groups excluding carboxylic acids is 2. The zero-order valence-corrected chi connectivity index (χ0v) is 45.2. The maximum Gasteiger partial charge on any atom is 0.310 e. The zero-order valence-electron chi connectivity index (χ0n) is 45.2. The van der Waals surface area contributed by atoms with E-state index < -0.39 is 147 Å². The number of hydrogen-bond donors (Lipinski definition) is 8. The number of ether oxygens (including phenoxy) is 16. The Bertz CT molecular complexity index is 2770. The van der Waals surface area contributed by atoms with Crippen LogP contribution in [0.4, 0.5) is 0 Å². The van der Waals surface area contributed by atoms with Crippen molar-refractivity contribution in [3.63, 3.8) is 0 Å². The van der Waals surface area contributed by atoms with Gasteiger partial charge in [-0.2, -0.15) is 0 Å². The highest BCUT2D eigenvalue weighted by Gasteiger charge is 2.57. The van der Waals surface area contributed by atoms with Crippen molar-refractivity contribution in [3.8, 4) is 57.5 Å². The molecule has 18 atom stereocenters. The molecule has 11 rings (SSSR count). The Labute approximate surface area is 468 Å². The molecule has 8 N–H and O–H groups in total. The number of esters is 2. The first-order chi connectivity index (χ1) is 39.6. The monoisotopic (exact) mass is 1150 g/mol. The van der Waals surface area contributed by atoms with Crippen molar-refractivity contribution >= 4 is 11.9 Å². The Hall–Kier alpha value is -6.66. The summed E-state index contributed by atoms with van der Waals surface area (Å²) in [6, 6.07) is 13.1. The SMILES string of the molecule is COc1cc([C@@H]2c3cc4c(cc3[C@H](O[C@@H]3O[C@H](CO)[C@@H](O)[C@H](O)[C@H]3O)[C@H]3COC(=O)[C@H]5[C@H](c6cc(OC)c(OC)c(OC)c6)c6cc7c(cc6[C@H](O[C@@H]6O[C@H](CO)[C@@H](O)[C@H](O)[C@H]6O)[C@H]5COC(=O)[C@@H]23)OCO7)OCO4)cc(OC)c1OC. The van der Waals surface area contributed by atoms with E-state index in [-0.39, 0.29) is 71.1 Å². The maximum absolute atomic E-state index is 16.0. The number of rotatable bonds is 14. The van der Waals surface area contributed by atoms with Crippen molar-refractivity contribution in [1.82, 2.24) is 0 Å². The molecule has 4 aromatic carbocycles. The Morgan fingerprint density at radius 2 is 0.756 bits per heavy atom. The molecule has 0 aromatic heterocycles.